The van der Waals surface area contributed by atoms with Crippen molar-refractivity contribution in [1.82, 2.24) is 4.90 Å². The summed E-state index contributed by atoms with van der Waals surface area (Å²) in [5.74, 6) is 0. The molecule has 1 heterocycles. The SMILES string of the molecule is CC1(C)CN(C2CCC(O)CC2)CCO1. The summed E-state index contributed by atoms with van der Waals surface area (Å²) >= 11 is 0. The fourth-order valence-electron chi connectivity index (χ4n) is 2.79. The summed E-state index contributed by atoms with van der Waals surface area (Å²) in [4.78, 5) is 2.55. The minimum Gasteiger partial charge on any atom is -0.393 e. The van der Waals surface area contributed by atoms with Gasteiger partial charge in [-0.05, 0) is 39.5 Å². The van der Waals surface area contributed by atoms with E-state index in [0.29, 0.717) is 6.04 Å². The number of morpholine rings is 1. The maximum Gasteiger partial charge on any atom is 0.0753 e. The Morgan fingerprint density at radius 3 is 2.47 bits per heavy atom. The van der Waals surface area contributed by atoms with Crippen molar-refractivity contribution in [3.63, 3.8) is 0 Å². The fraction of sp³-hybridized carbons (Fsp3) is 1.00. The van der Waals surface area contributed by atoms with E-state index in [1.807, 2.05) is 0 Å². The van der Waals surface area contributed by atoms with Crippen LogP contribution in [-0.2, 0) is 4.74 Å². The highest BCUT2D eigenvalue weighted by Crippen LogP contribution is 2.27. The van der Waals surface area contributed by atoms with E-state index in [2.05, 4.69) is 18.7 Å². The van der Waals surface area contributed by atoms with E-state index in [4.69, 9.17) is 4.74 Å². The normalized spacial score (nSPS) is 37.8. The molecule has 1 aliphatic carbocycles. The maximum atomic E-state index is 9.48. The highest BCUT2D eigenvalue weighted by Gasteiger charge is 2.32. The summed E-state index contributed by atoms with van der Waals surface area (Å²) in [6, 6.07) is 0.677. The first-order valence-electron chi connectivity index (χ1n) is 6.13. The van der Waals surface area contributed by atoms with Crippen molar-refractivity contribution in [2.75, 3.05) is 19.7 Å². The molecular weight excluding hydrogens is 190 g/mol. The quantitative estimate of drug-likeness (QED) is 0.714. The predicted octanol–water partition coefficient (Wildman–Crippen LogP) is 1.40. The largest absolute Gasteiger partial charge is 0.393 e. The van der Waals surface area contributed by atoms with Crippen LogP contribution < -0.4 is 0 Å². The zero-order valence-corrected chi connectivity index (χ0v) is 9.91. The Morgan fingerprint density at radius 1 is 1.20 bits per heavy atom. The molecule has 1 saturated carbocycles. The van der Waals surface area contributed by atoms with E-state index in [-0.39, 0.29) is 11.7 Å². The standard InChI is InChI=1S/C12H23NO2/c1-12(2)9-13(7-8-15-12)10-3-5-11(14)6-4-10/h10-11,14H,3-9H2,1-2H3. The number of aliphatic hydroxyl groups excluding tert-OH is 1. The molecule has 2 rings (SSSR count). The molecule has 0 bridgehead atoms. The molecule has 88 valence electrons. The average molecular weight is 213 g/mol. The lowest BCUT2D eigenvalue weighted by atomic mass is 9.91. The molecule has 1 saturated heterocycles. The van der Waals surface area contributed by atoms with E-state index in [1.165, 1.54) is 0 Å². The van der Waals surface area contributed by atoms with Crippen LogP contribution in [0.4, 0.5) is 0 Å². The smallest absolute Gasteiger partial charge is 0.0753 e. The van der Waals surface area contributed by atoms with Gasteiger partial charge in [-0.25, -0.2) is 0 Å². The second kappa shape index (κ2) is 4.40. The molecular formula is C12H23NO2. The molecule has 0 unspecified atom stereocenters. The Bertz CT molecular complexity index is 210. The van der Waals surface area contributed by atoms with Crippen molar-refractivity contribution in [2.24, 2.45) is 0 Å². The lowest BCUT2D eigenvalue weighted by Crippen LogP contribution is -2.53. The van der Waals surface area contributed by atoms with Gasteiger partial charge in [0.25, 0.3) is 0 Å². The van der Waals surface area contributed by atoms with Crippen molar-refractivity contribution in [1.29, 1.82) is 0 Å². The van der Waals surface area contributed by atoms with Crippen LogP contribution in [0.1, 0.15) is 39.5 Å². The summed E-state index contributed by atoms with van der Waals surface area (Å²) in [6.07, 6.45) is 4.20. The molecule has 0 amide bonds. The number of hydrogen-bond acceptors (Lipinski definition) is 3. The van der Waals surface area contributed by atoms with E-state index >= 15 is 0 Å². The first kappa shape index (κ1) is 11.4. The highest BCUT2D eigenvalue weighted by molar-refractivity contribution is 4.86. The van der Waals surface area contributed by atoms with Crippen molar-refractivity contribution in [3.05, 3.63) is 0 Å². The Hall–Kier alpha value is -0.120. The lowest BCUT2D eigenvalue weighted by molar-refractivity contribution is -0.103. The molecule has 0 aromatic heterocycles. The van der Waals surface area contributed by atoms with Crippen LogP contribution in [0, 0.1) is 0 Å². The van der Waals surface area contributed by atoms with Gasteiger partial charge in [0.1, 0.15) is 0 Å². The van der Waals surface area contributed by atoms with Crippen molar-refractivity contribution in [2.45, 2.75) is 57.3 Å². The van der Waals surface area contributed by atoms with Crippen LogP contribution in [-0.4, -0.2) is 47.4 Å². The van der Waals surface area contributed by atoms with Crippen LogP contribution in [0.25, 0.3) is 0 Å². The molecule has 1 N–H and O–H groups in total. The molecule has 0 aromatic carbocycles. The number of rotatable bonds is 1. The number of ether oxygens (including phenoxy) is 1. The summed E-state index contributed by atoms with van der Waals surface area (Å²) in [7, 11) is 0. The molecule has 3 nitrogen and oxygen atoms in total. The van der Waals surface area contributed by atoms with Crippen LogP contribution in [0.5, 0.6) is 0 Å². The maximum absolute atomic E-state index is 9.48. The second-order valence-corrected chi connectivity index (χ2v) is 5.54. The van der Waals surface area contributed by atoms with Crippen molar-refractivity contribution in [3.8, 4) is 0 Å². The average Bonchev–Trinajstić information content (AvgIpc) is 2.17. The third kappa shape index (κ3) is 2.92. The van der Waals surface area contributed by atoms with E-state index in [9.17, 15) is 5.11 Å². The summed E-state index contributed by atoms with van der Waals surface area (Å²) in [6.45, 7) is 7.28. The molecule has 0 atom stereocenters. The third-order valence-electron chi connectivity index (χ3n) is 3.64. The van der Waals surface area contributed by atoms with Gasteiger partial charge in [0.05, 0.1) is 18.3 Å². The Kier molecular flexibility index (Phi) is 3.33. The van der Waals surface area contributed by atoms with Crippen LogP contribution in [0.15, 0.2) is 0 Å². The van der Waals surface area contributed by atoms with E-state index < -0.39 is 0 Å². The van der Waals surface area contributed by atoms with Gasteiger partial charge in [0.2, 0.25) is 0 Å². The summed E-state index contributed by atoms with van der Waals surface area (Å²) in [5.41, 5.74) is 0.00825. The predicted molar refractivity (Wildman–Crippen MR) is 59.9 cm³/mol. The second-order valence-electron chi connectivity index (χ2n) is 5.54. The van der Waals surface area contributed by atoms with Gasteiger partial charge in [-0.1, -0.05) is 0 Å². The molecule has 2 fully saturated rings. The first-order valence-corrected chi connectivity index (χ1v) is 6.13. The zero-order valence-electron chi connectivity index (χ0n) is 9.91. The van der Waals surface area contributed by atoms with Crippen LogP contribution >= 0.6 is 0 Å². The fourth-order valence-corrected chi connectivity index (χ4v) is 2.79. The molecule has 0 spiro atoms. The van der Waals surface area contributed by atoms with Gasteiger partial charge in [0.15, 0.2) is 0 Å². The lowest BCUT2D eigenvalue weighted by Gasteiger charge is -2.44. The van der Waals surface area contributed by atoms with Crippen molar-refractivity contribution >= 4 is 0 Å². The Morgan fingerprint density at radius 2 is 1.87 bits per heavy atom. The van der Waals surface area contributed by atoms with Gasteiger partial charge < -0.3 is 9.84 Å². The molecule has 0 aromatic rings. The molecule has 0 radical (unpaired) electrons. The van der Waals surface area contributed by atoms with Gasteiger partial charge in [-0.2, -0.15) is 0 Å². The first-order chi connectivity index (χ1) is 7.07. The highest BCUT2D eigenvalue weighted by atomic mass is 16.5. The van der Waals surface area contributed by atoms with Crippen molar-refractivity contribution < 1.29 is 9.84 Å². The minimum absolute atomic E-state index is 0.00825. The van der Waals surface area contributed by atoms with Gasteiger partial charge in [-0.3, -0.25) is 4.90 Å². The topological polar surface area (TPSA) is 32.7 Å². The number of nitrogens with zero attached hydrogens (tertiary/aromatic N) is 1. The monoisotopic (exact) mass is 213 g/mol. The van der Waals surface area contributed by atoms with E-state index in [1.54, 1.807) is 0 Å². The number of hydrogen-bond donors (Lipinski definition) is 1. The molecule has 2 aliphatic rings. The van der Waals surface area contributed by atoms with Crippen LogP contribution in [0.2, 0.25) is 0 Å². The van der Waals surface area contributed by atoms with Gasteiger partial charge in [0, 0.05) is 19.1 Å². The molecule has 1 aliphatic heterocycles. The molecule has 3 heteroatoms. The van der Waals surface area contributed by atoms with Gasteiger partial charge in [-0.15, -0.1) is 0 Å². The summed E-state index contributed by atoms with van der Waals surface area (Å²) < 4.78 is 5.72. The minimum atomic E-state index is -0.0460. The Labute approximate surface area is 92.4 Å². The zero-order chi connectivity index (χ0) is 10.9. The van der Waals surface area contributed by atoms with Crippen LogP contribution in [0.3, 0.4) is 0 Å². The molecule has 15 heavy (non-hydrogen) atoms. The van der Waals surface area contributed by atoms with E-state index in [0.717, 1.165) is 45.4 Å². The Balaban J connectivity index is 1.88. The van der Waals surface area contributed by atoms with Gasteiger partial charge >= 0.3 is 0 Å². The third-order valence-corrected chi connectivity index (χ3v) is 3.64. The summed E-state index contributed by atoms with van der Waals surface area (Å²) in [5, 5.41) is 9.48. The number of aliphatic hydroxyl groups is 1.